The third-order valence-electron chi connectivity index (χ3n) is 2.28. The minimum absolute atomic E-state index is 0.0446. The zero-order valence-corrected chi connectivity index (χ0v) is 11.4. The first kappa shape index (κ1) is 16.8. The van der Waals surface area contributed by atoms with Gasteiger partial charge in [0.25, 0.3) is 0 Å². The maximum absolute atomic E-state index is 13.5. The van der Waals surface area contributed by atoms with Gasteiger partial charge in [-0.2, -0.15) is 0 Å². The quantitative estimate of drug-likeness (QED) is 0.471. The van der Waals surface area contributed by atoms with Gasteiger partial charge in [0.15, 0.2) is 4.90 Å². The van der Waals surface area contributed by atoms with Gasteiger partial charge in [-0.15, -0.1) is 0 Å². The summed E-state index contributed by atoms with van der Waals surface area (Å²) in [7, 11) is -4.29. The molecule has 20 heavy (non-hydrogen) atoms. The summed E-state index contributed by atoms with van der Waals surface area (Å²) in [5.41, 5.74) is 5.01. The molecule has 0 bridgehead atoms. The molecule has 0 aliphatic rings. The Labute approximate surface area is 115 Å². The molecule has 1 aromatic carbocycles. The van der Waals surface area contributed by atoms with Crippen LogP contribution in [0.5, 0.6) is 0 Å². The van der Waals surface area contributed by atoms with E-state index in [9.17, 15) is 17.2 Å². The molecule has 0 fully saturated rings. The summed E-state index contributed by atoms with van der Waals surface area (Å²) in [6, 6.07) is 1.48. The average molecular weight is 310 g/mol. The van der Waals surface area contributed by atoms with Crippen molar-refractivity contribution in [3.05, 3.63) is 23.8 Å². The Morgan fingerprint density at radius 2 is 1.85 bits per heavy atom. The van der Waals surface area contributed by atoms with Crippen molar-refractivity contribution in [3.8, 4) is 0 Å². The predicted octanol–water partition coefficient (Wildman–Crippen LogP) is 0.224. The summed E-state index contributed by atoms with van der Waals surface area (Å²) >= 11 is 0. The molecule has 0 saturated carbocycles. The van der Waals surface area contributed by atoms with Gasteiger partial charge in [0.2, 0.25) is 10.0 Å². The van der Waals surface area contributed by atoms with Crippen molar-refractivity contribution in [2.75, 3.05) is 32.1 Å². The zero-order valence-electron chi connectivity index (χ0n) is 10.6. The van der Waals surface area contributed by atoms with Crippen LogP contribution in [-0.4, -0.2) is 39.9 Å². The molecule has 9 heteroatoms. The van der Waals surface area contributed by atoms with Crippen LogP contribution in [0.1, 0.15) is 6.42 Å². The normalized spacial score (nSPS) is 11.8. The van der Waals surface area contributed by atoms with Gasteiger partial charge in [0.05, 0.1) is 13.2 Å². The monoisotopic (exact) mass is 310 g/mol. The summed E-state index contributed by atoms with van der Waals surface area (Å²) in [5.74, 6) is -2.49. The fraction of sp³-hybridized carbons (Fsp3) is 0.455. The summed E-state index contributed by atoms with van der Waals surface area (Å²) in [4.78, 5) is -1.05. The third-order valence-corrected chi connectivity index (χ3v) is 3.79. The molecule has 0 aromatic heterocycles. The number of aliphatic hydroxyl groups is 1. The van der Waals surface area contributed by atoms with E-state index in [1.807, 2.05) is 0 Å². The van der Waals surface area contributed by atoms with Gasteiger partial charge >= 0.3 is 0 Å². The van der Waals surface area contributed by atoms with E-state index in [1.165, 1.54) is 0 Å². The Morgan fingerprint density at radius 1 is 1.25 bits per heavy atom. The van der Waals surface area contributed by atoms with Crippen molar-refractivity contribution >= 4 is 15.7 Å². The zero-order chi connectivity index (χ0) is 15.2. The number of rotatable bonds is 8. The molecule has 4 N–H and O–H groups in total. The number of hydrogen-bond donors (Lipinski definition) is 3. The highest BCUT2D eigenvalue weighted by molar-refractivity contribution is 7.89. The Hall–Kier alpha value is -1.29. The SMILES string of the molecule is Nc1cc(F)c(S(=O)(=O)NCCCOCCO)c(F)c1. The summed E-state index contributed by atoms with van der Waals surface area (Å²) in [5, 5.41) is 8.45. The van der Waals surface area contributed by atoms with Crippen LogP contribution >= 0.6 is 0 Å². The van der Waals surface area contributed by atoms with Crippen LogP contribution in [0.4, 0.5) is 14.5 Å². The molecule has 1 aromatic rings. The van der Waals surface area contributed by atoms with Crippen molar-refractivity contribution in [2.24, 2.45) is 0 Å². The molecule has 6 nitrogen and oxygen atoms in total. The third kappa shape index (κ3) is 4.67. The smallest absolute Gasteiger partial charge is 0.246 e. The number of nitrogen functional groups attached to an aromatic ring is 1. The van der Waals surface area contributed by atoms with E-state index in [0.29, 0.717) is 6.42 Å². The van der Waals surface area contributed by atoms with Gasteiger partial charge in [-0.3, -0.25) is 0 Å². The topological polar surface area (TPSA) is 102 Å². The summed E-state index contributed by atoms with van der Waals surface area (Å²) in [6.45, 7) is 0.189. The molecule has 0 heterocycles. The molecule has 0 unspecified atom stereocenters. The highest BCUT2D eigenvalue weighted by atomic mass is 32.2. The lowest BCUT2D eigenvalue weighted by molar-refractivity contribution is 0.0913. The first-order valence-electron chi connectivity index (χ1n) is 5.81. The summed E-state index contributed by atoms with van der Waals surface area (Å²) in [6.07, 6.45) is 0.303. The Morgan fingerprint density at radius 3 is 2.40 bits per heavy atom. The number of ether oxygens (including phenoxy) is 1. The highest BCUT2D eigenvalue weighted by Gasteiger charge is 2.24. The number of sulfonamides is 1. The first-order valence-corrected chi connectivity index (χ1v) is 7.29. The number of nitrogens with one attached hydrogen (secondary N) is 1. The minimum Gasteiger partial charge on any atom is -0.399 e. The predicted molar refractivity (Wildman–Crippen MR) is 68.5 cm³/mol. The van der Waals surface area contributed by atoms with E-state index in [-0.39, 0.29) is 32.1 Å². The number of nitrogens with two attached hydrogens (primary N) is 1. The van der Waals surface area contributed by atoms with Crippen LogP contribution in [0.3, 0.4) is 0 Å². The van der Waals surface area contributed by atoms with Crippen LogP contribution in [0.25, 0.3) is 0 Å². The van der Waals surface area contributed by atoms with Crippen LogP contribution in [0.2, 0.25) is 0 Å². The molecule has 114 valence electrons. The van der Waals surface area contributed by atoms with E-state index in [1.54, 1.807) is 0 Å². The van der Waals surface area contributed by atoms with Gasteiger partial charge in [-0.25, -0.2) is 21.9 Å². The van der Waals surface area contributed by atoms with Gasteiger partial charge in [0, 0.05) is 18.8 Å². The first-order chi connectivity index (χ1) is 9.38. The second kappa shape index (κ2) is 7.48. The molecule has 0 aliphatic carbocycles. The van der Waals surface area contributed by atoms with E-state index in [0.717, 1.165) is 12.1 Å². The summed E-state index contributed by atoms with van der Waals surface area (Å²) < 4.78 is 57.5. The number of aliphatic hydroxyl groups excluding tert-OH is 1. The van der Waals surface area contributed by atoms with Crippen molar-refractivity contribution in [1.82, 2.24) is 4.72 Å². The highest BCUT2D eigenvalue weighted by Crippen LogP contribution is 2.21. The number of hydrogen-bond acceptors (Lipinski definition) is 5. The molecule has 0 spiro atoms. The van der Waals surface area contributed by atoms with Crippen molar-refractivity contribution in [3.63, 3.8) is 0 Å². The lowest BCUT2D eigenvalue weighted by Crippen LogP contribution is -2.27. The molecule has 0 atom stereocenters. The fourth-order valence-corrected chi connectivity index (χ4v) is 2.64. The second-order valence-electron chi connectivity index (χ2n) is 3.90. The molecule has 0 aliphatic heterocycles. The van der Waals surface area contributed by atoms with E-state index < -0.39 is 26.6 Å². The lowest BCUT2D eigenvalue weighted by Gasteiger charge is -2.09. The molecular formula is C11H16F2N2O4S. The van der Waals surface area contributed by atoms with Crippen LogP contribution in [-0.2, 0) is 14.8 Å². The standard InChI is InChI=1S/C11H16F2N2O4S/c12-9-6-8(14)7-10(13)11(9)20(17,18)15-2-1-4-19-5-3-16/h6-7,15-16H,1-5,14H2. The molecule has 1 rings (SSSR count). The molecule has 0 saturated heterocycles. The molecular weight excluding hydrogens is 294 g/mol. The maximum Gasteiger partial charge on any atom is 0.246 e. The van der Waals surface area contributed by atoms with Crippen molar-refractivity contribution < 1.29 is 27.0 Å². The number of halogens is 2. The van der Waals surface area contributed by atoms with E-state index >= 15 is 0 Å². The Balaban J connectivity index is 2.66. The van der Waals surface area contributed by atoms with Crippen LogP contribution in [0, 0.1) is 11.6 Å². The Bertz CT molecular complexity index is 528. The van der Waals surface area contributed by atoms with E-state index in [4.69, 9.17) is 15.6 Å². The van der Waals surface area contributed by atoms with Crippen molar-refractivity contribution in [2.45, 2.75) is 11.3 Å². The van der Waals surface area contributed by atoms with Crippen LogP contribution < -0.4 is 10.5 Å². The Kier molecular flexibility index (Phi) is 6.27. The maximum atomic E-state index is 13.5. The van der Waals surface area contributed by atoms with Crippen molar-refractivity contribution in [1.29, 1.82) is 0 Å². The number of benzene rings is 1. The fourth-order valence-electron chi connectivity index (χ4n) is 1.46. The number of anilines is 1. The molecule has 0 amide bonds. The van der Waals surface area contributed by atoms with Gasteiger partial charge in [-0.1, -0.05) is 0 Å². The second-order valence-corrected chi connectivity index (χ2v) is 5.60. The molecule has 0 radical (unpaired) electrons. The van der Waals surface area contributed by atoms with Gasteiger partial charge in [0.1, 0.15) is 11.6 Å². The largest absolute Gasteiger partial charge is 0.399 e. The van der Waals surface area contributed by atoms with Gasteiger partial charge < -0.3 is 15.6 Å². The minimum atomic E-state index is -4.29. The van der Waals surface area contributed by atoms with E-state index in [2.05, 4.69) is 4.72 Å². The average Bonchev–Trinajstić information content (AvgIpc) is 2.31. The lowest BCUT2D eigenvalue weighted by atomic mass is 10.3. The van der Waals surface area contributed by atoms with Crippen LogP contribution in [0.15, 0.2) is 17.0 Å². The van der Waals surface area contributed by atoms with Gasteiger partial charge in [-0.05, 0) is 18.6 Å².